The molecule has 6 heterocycles. The van der Waals surface area contributed by atoms with Crippen LogP contribution in [0.15, 0.2) is 23.8 Å². The van der Waals surface area contributed by atoms with Crippen molar-refractivity contribution in [3.63, 3.8) is 0 Å². The molecule has 6 rings (SSSR count). The average molecular weight is 629 g/mol. The molecule has 2 fully saturated rings. The molecule has 4 aromatic rings. The molecule has 0 radical (unpaired) electrons. The van der Waals surface area contributed by atoms with E-state index < -0.39 is 75.7 Å². The summed E-state index contributed by atoms with van der Waals surface area (Å²) in [7, 11) is -5.26. The summed E-state index contributed by atoms with van der Waals surface area (Å²) in [5.74, 6) is -0.166. The second kappa shape index (κ2) is 11.4. The number of quaternary nitrogens is 1. The Morgan fingerprint density at radius 1 is 0.977 bits per heavy atom. The minimum atomic E-state index is -5.26. The zero-order valence-electron chi connectivity index (χ0n) is 22.1. The number of phosphoric acid groups is 1. The van der Waals surface area contributed by atoms with E-state index in [1.54, 1.807) is 0 Å². The number of nitrogens with zero attached hydrogens (tertiary/aromatic N) is 7. The first-order valence-corrected chi connectivity index (χ1v) is 13.7. The molecule has 234 valence electrons. The van der Waals surface area contributed by atoms with Crippen LogP contribution in [0.2, 0.25) is 0 Å². The Hall–Kier alpha value is -3.67. The van der Waals surface area contributed by atoms with Gasteiger partial charge in [-0.1, -0.05) is 0 Å². The van der Waals surface area contributed by atoms with E-state index in [9.17, 15) is 34.7 Å². The van der Waals surface area contributed by atoms with E-state index in [-0.39, 0.29) is 40.2 Å². The quantitative estimate of drug-likeness (QED) is 0.0867. The first kappa shape index (κ1) is 30.8. The van der Waals surface area contributed by atoms with Crippen molar-refractivity contribution in [1.82, 2.24) is 45.2 Å². The van der Waals surface area contributed by atoms with E-state index in [2.05, 4.69) is 29.9 Å². The van der Waals surface area contributed by atoms with Crippen molar-refractivity contribution >= 4 is 41.9 Å². The van der Waals surface area contributed by atoms with Crippen molar-refractivity contribution in [2.45, 2.75) is 49.1 Å². The maximum atomic E-state index is 12.8. The van der Waals surface area contributed by atoms with Crippen LogP contribution in [0.1, 0.15) is 12.5 Å². The molecule has 22 nitrogen and oxygen atoms in total. The van der Waals surface area contributed by atoms with Crippen LogP contribution in [0, 0.1) is 0 Å². The summed E-state index contributed by atoms with van der Waals surface area (Å²) in [6, 6.07) is 0. The standard InChI is InChI=1S/C20H25N10O11P.H3N/c21-14-8-15(24-3-23-14)29(4-25-8)19-12(34)13(6(1-31)39-19)41-42(36,37)38-2-7-10(32)11(33)18(40-7)30-5-26-9-16(30)27-20(22)28-17(9)35;/h3-7,10-13,18-19,31-34H,1-2H2,(H,36,37)(H2,21,23,24)(H3,22,27,28,35);1H3/t6-,7-,10-,11-,12-,13-,18-,19-;/m1./s1. The largest absolute Gasteiger partial charge is 0.756 e. The van der Waals surface area contributed by atoms with Crippen molar-refractivity contribution < 1.29 is 48.4 Å². The van der Waals surface area contributed by atoms with Crippen LogP contribution < -0.4 is 28.1 Å². The minimum Gasteiger partial charge on any atom is -0.756 e. The van der Waals surface area contributed by atoms with Gasteiger partial charge in [-0.15, -0.1) is 0 Å². The van der Waals surface area contributed by atoms with Gasteiger partial charge in [-0.25, -0.2) is 19.9 Å². The predicted molar refractivity (Wildman–Crippen MR) is 140 cm³/mol. The Morgan fingerprint density at radius 2 is 1.63 bits per heavy atom. The van der Waals surface area contributed by atoms with Crippen LogP contribution >= 0.6 is 7.82 Å². The Bertz CT molecular complexity index is 1730. The number of H-pyrrole nitrogens is 1. The summed E-state index contributed by atoms with van der Waals surface area (Å²) in [4.78, 5) is 46.9. The average Bonchev–Trinajstić information content (AvgIpc) is 3.69. The molecule has 0 aliphatic carbocycles. The number of nitrogen functional groups attached to an aromatic ring is 2. The number of aromatic nitrogens is 8. The molecule has 0 bridgehead atoms. The summed E-state index contributed by atoms with van der Waals surface area (Å²) in [5, 5.41) is 41.7. The Labute approximate surface area is 239 Å². The van der Waals surface area contributed by atoms with Crippen LogP contribution in [-0.2, 0) is 23.1 Å². The fourth-order valence-corrected chi connectivity index (χ4v) is 5.80. The lowest BCUT2D eigenvalue weighted by Crippen LogP contribution is -2.38. The number of hydrogen-bond donors (Lipinski definition) is 8. The van der Waals surface area contributed by atoms with Crippen molar-refractivity contribution in [2.24, 2.45) is 0 Å². The minimum absolute atomic E-state index is 0. The number of ether oxygens (including phenoxy) is 2. The molecule has 0 spiro atoms. The van der Waals surface area contributed by atoms with Gasteiger partial charge in [0.05, 0.1) is 25.9 Å². The Kier molecular flexibility index (Phi) is 8.19. The van der Waals surface area contributed by atoms with E-state index >= 15 is 0 Å². The lowest BCUT2D eigenvalue weighted by atomic mass is 10.1. The number of fused-ring (bicyclic) bond motifs is 2. The summed E-state index contributed by atoms with van der Waals surface area (Å²) in [6.07, 6.45) is -8.33. The van der Waals surface area contributed by atoms with Crippen molar-refractivity contribution in [1.29, 1.82) is 0 Å². The number of anilines is 2. The molecular weight excluding hydrogens is 601 g/mol. The smallest absolute Gasteiger partial charge is 0.280 e. The highest BCUT2D eigenvalue weighted by Crippen LogP contribution is 2.46. The zero-order valence-corrected chi connectivity index (χ0v) is 23.0. The van der Waals surface area contributed by atoms with E-state index in [0.717, 1.165) is 17.2 Å². The maximum Gasteiger partial charge on any atom is 0.280 e. The van der Waals surface area contributed by atoms with Gasteiger partial charge < -0.3 is 61.5 Å². The number of aromatic amines is 1. The molecule has 0 amide bonds. The maximum absolute atomic E-state index is 12.8. The Morgan fingerprint density at radius 3 is 2.35 bits per heavy atom. The predicted octanol–water partition coefficient (Wildman–Crippen LogP) is -3.76. The monoisotopic (exact) mass is 629 g/mol. The highest BCUT2D eigenvalue weighted by molar-refractivity contribution is 7.45. The fourth-order valence-electron chi connectivity index (χ4n) is 4.85. The molecule has 43 heavy (non-hydrogen) atoms. The summed E-state index contributed by atoms with van der Waals surface area (Å²) in [6.45, 7) is -1.56. The number of aliphatic hydroxyl groups is 4. The van der Waals surface area contributed by atoms with Gasteiger partial charge in [0.15, 0.2) is 35.1 Å². The molecule has 1 unspecified atom stereocenters. The van der Waals surface area contributed by atoms with Gasteiger partial charge in [-0.05, 0) is 0 Å². The molecule has 4 aromatic heterocycles. The molecule has 13 N–H and O–H groups in total. The first-order chi connectivity index (χ1) is 20.0. The van der Waals surface area contributed by atoms with Crippen LogP contribution in [0.4, 0.5) is 11.8 Å². The third-order valence-corrected chi connectivity index (χ3v) is 7.83. The van der Waals surface area contributed by atoms with E-state index in [4.69, 9.17) is 30.0 Å². The first-order valence-electron chi connectivity index (χ1n) is 12.2. The number of phosphoric ester groups is 1. The third kappa shape index (κ3) is 5.34. The van der Waals surface area contributed by atoms with Crippen LogP contribution in [-0.4, -0.2) is 109 Å². The zero-order chi connectivity index (χ0) is 29.9. The second-order valence-corrected chi connectivity index (χ2v) is 10.8. The highest BCUT2D eigenvalue weighted by atomic mass is 31.2. The SMILES string of the molecule is Nc1nc2c(ncn2[C@@H]2O[C@H](COP(=O)([O-])O[C@H]3[C@@H](O)[C@H](n4cnc5c(N)ncnc54)O[C@@H]3CO)[C@@H](O)[C@H]2O)c(=O)[nH]1.[NH4+]. The number of nitrogens with two attached hydrogens (primary N) is 2. The van der Waals surface area contributed by atoms with E-state index in [1.165, 1.54) is 10.9 Å². The van der Waals surface area contributed by atoms with Gasteiger partial charge in [-0.3, -0.25) is 23.5 Å². The molecule has 23 heteroatoms. The van der Waals surface area contributed by atoms with E-state index in [0.29, 0.717) is 0 Å². The molecular formula is C20H28N11O11P. The highest BCUT2D eigenvalue weighted by Gasteiger charge is 2.48. The van der Waals surface area contributed by atoms with Crippen LogP contribution in [0.3, 0.4) is 0 Å². The van der Waals surface area contributed by atoms with Crippen LogP contribution in [0.5, 0.6) is 0 Å². The van der Waals surface area contributed by atoms with Crippen molar-refractivity contribution in [3.05, 3.63) is 29.3 Å². The van der Waals surface area contributed by atoms with Crippen molar-refractivity contribution in [2.75, 3.05) is 24.7 Å². The normalized spacial score (nSPS) is 30.5. The number of imidazole rings is 2. The summed E-state index contributed by atoms with van der Waals surface area (Å²) >= 11 is 0. The number of aliphatic hydroxyl groups excluding tert-OH is 4. The number of hydrogen-bond acceptors (Lipinski definition) is 18. The molecule has 0 aromatic carbocycles. The second-order valence-electron chi connectivity index (χ2n) is 9.46. The Balaban J connectivity index is 0.00000368. The van der Waals surface area contributed by atoms with Gasteiger partial charge in [-0.2, -0.15) is 4.98 Å². The molecule has 9 atom stereocenters. The van der Waals surface area contributed by atoms with E-state index in [1.807, 2.05) is 0 Å². The number of rotatable bonds is 8. The van der Waals surface area contributed by atoms with Gasteiger partial charge in [0.25, 0.3) is 13.4 Å². The van der Waals surface area contributed by atoms with Gasteiger partial charge in [0.1, 0.15) is 48.5 Å². The topological polar surface area (TPSA) is 354 Å². The summed E-state index contributed by atoms with van der Waals surface area (Å²) < 4.78 is 36.4. The summed E-state index contributed by atoms with van der Waals surface area (Å²) in [5.41, 5.74) is 10.9. The molecule has 2 aliphatic heterocycles. The molecule has 2 aliphatic rings. The van der Waals surface area contributed by atoms with Crippen LogP contribution in [0.25, 0.3) is 22.3 Å². The third-order valence-electron chi connectivity index (χ3n) is 6.86. The molecule has 2 saturated heterocycles. The lowest BCUT2D eigenvalue weighted by molar-refractivity contribution is -0.236. The lowest BCUT2D eigenvalue weighted by Gasteiger charge is -2.30. The van der Waals surface area contributed by atoms with Gasteiger partial charge in [0, 0.05) is 0 Å². The van der Waals surface area contributed by atoms with Crippen molar-refractivity contribution in [3.8, 4) is 0 Å². The molecule has 0 saturated carbocycles. The fraction of sp³-hybridized carbons (Fsp3) is 0.500. The number of nitrogens with one attached hydrogen (secondary N) is 1. The van der Waals surface area contributed by atoms with Gasteiger partial charge >= 0.3 is 0 Å². The van der Waals surface area contributed by atoms with Gasteiger partial charge in [0.2, 0.25) is 5.95 Å².